The van der Waals surface area contributed by atoms with Crippen LogP contribution in [0, 0.1) is 5.92 Å². The quantitative estimate of drug-likeness (QED) is 0.850. The molecule has 0 amide bonds. The highest BCUT2D eigenvalue weighted by molar-refractivity contribution is 5.78. The average Bonchev–Trinajstić information content (AvgIpc) is 2.43. The second-order valence-electron chi connectivity index (χ2n) is 5.48. The first-order valence-electron chi connectivity index (χ1n) is 7.27. The third-order valence-electron chi connectivity index (χ3n) is 3.66. The second-order valence-corrected chi connectivity index (χ2v) is 5.48. The minimum atomic E-state index is 0.594. The molecule has 1 aromatic carbocycles. The summed E-state index contributed by atoms with van der Waals surface area (Å²) in [5.74, 6) is 0.674. The molecule has 102 valence electrons. The molecule has 19 heavy (non-hydrogen) atoms. The Labute approximate surface area is 116 Å². The Bertz CT molecular complexity index is 519. The number of para-hydroxylation sites is 1. The molecule has 0 bridgehead atoms. The van der Waals surface area contributed by atoms with E-state index in [-0.39, 0.29) is 0 Å². The topological polar surface area (TPSA) is 24.9 Å². The van der Waals surface area contributed by atoms with E-state index in [1.807, 2.05) is 12.3 Å². The number of pyridine rings is 1. The molecule has 1 aromatic heterocycles. The fourth-order valence-electron chi connectivity index (χ4n) is 2.51. The first-order valence-corrected chi connectivity index (χ1v) is 7.27. The van der Waals surface area contributed by atoms with Gasteiger partial charge in [-0.15, -0.1) is 0 Å². The number of benzene rings is 1. The maximum Gasteiger partial charge on any atom is 0.0702 e. The summed E-state index contributed by atoms with van der Waals surface area (Å²) in [7, 11) is 0. The van der Waals surface area contributed by atoms with Gasteiger partial charge in [-0.05, 0) is 43.0 Å². The lowest BCUT2D eigenvalue weighted by atomic mass is 9.97. The van der Waals surface area contributed by atoms with Crippen molar-refractivity contribution >= 4 is 10.9 Å². The number of rotatable bonds is 6. The van der Waals surface area contributed by atoms with Crippen LogP contribution in [0.25, 0.3) is 10.9 Å². The van der Waals surface area contributed by atoms with Crippen molar-refractivity contribution in [2.24, 2.45) is 5.92 Å². The van der Waals surface area contributed by atoms with Crippen LogP contribution < -0.4 is 5.32 Å². The van der Waals surface area contributed by atoms with E-state index in [4.69, 9.17) is 0 Å². The van der Waals surface area contributed by atoms with Gasteiger partial charge in [0.1, 0.15) is 0 Å². The number of fused-ring (bicyclic) bond motifs is 1. The standard InChI is InChI=1S/C17H24N2/c1-4-18-16(13(2)3)10-9-14-11-15-7-5-6-8-17(15)19-12-14/h5-8,11-13,16,18H,4,9-10H2,1-3H3. The molecule has 0 radical (unpaired) electrons. The Morgan fingerprint density at radius 3 is 2.74 bits per heavy atom. The lowest BCUT2D eigenvalue weighted by molar-refractivity contribution is 0.385. The lowest BCUT2D eigenvalue weighted by Crippen LogP contribution is -2.34. The summed E-state index contributed by atoms with van der Waals surface area (Å²) in [5, 5.41) is 4.81. The summed E-state index contributed by atoms with van der Waals surface area (Å²) < 4.78 is 0. The zero-order valence-corrected chi connectivity index (χ0v) is 12.2. The third-order valence-corrected chi connectivity index (χ3v) is 3.66. The van der Waals surface area contributed by atoms with E-state index in [0.717, 1.165) is 18.5 Å². The van der Waals surface area contributed by atoms with Gasteiger partial charge in [0.25, 0.3) is 0 Å². The summed E-state index contributed by atoms with van der Waals surface area (Å²) in [6, 6.07) is 11.2. The Morgan fingerprint density at radius 1 is 1.21 bits per heavy atom. The van der Waals surface area contributed by atoms with Crippen LogP contribution in [-0.4, -0.2) is 17.6 Å². The number of nitrogens with zero attached hydrogens (tertiary/aromatic N) is 1. The van der Waals surface area contributed by atoms with Gasteiger partial charge >= 0.3 is 0 Å². The van der Waals surface area contributed by atoms with Crippen molar-refractivity contribution in [3.05, 3.63) is 42.1 Å². The minimum absolute atomic E-state index is 0.594. The Hall–Kier alpha value is -1.41. The van der Waals surface area contributed by atoms with E-state index in [2.05, 4.69) is 55.3 Å². The second kappa shape index (κ2) is 6.67. The molecule has 1 atom stereocenters. The molecule has 0 saturated carbocycles. The third kappa shape index (κ3) is 3.77. The van der Waals surface area contributed by atoms with Crippen molar-refractivity contribution in [3.8, 4) is 0 Å². The molecule has 1 unspecified atom stereocenters. The molecular formula is C17H24N2. The van der Waals surface area contributed by atoms with Crippen LogP contribution in [-0.2, 0) is 6.42 Å². The van der Waals surface area contributed by atoms with E-state index in [1.165, 1.54) is 17.4 Å². The van der Waals surface area contributed by atoms with Crippen molar-refractivity contribution in [2.75, 3.05) is 6.54 Å². The van der Waals surface area contributed by atoms with Gasteiger partial charge in [-0.3, -0.25) is 4.98 Å². The Kier molecular flexibility index (Phi) is 4.92. The first-order chi connectivity index (χ1) is 9.20. The van der Waals surface area contributed by atoms with E-state index >= 15 is 0 Å². The molecule has 2 rings (SSSR count). The molecule has 0 aliphatic heterocycles. The largest absolute Gasteiger partial charge is 0.314 e. The number of nitrogens with one attached hydrogen (secondary N) is 1. The van der Waals surface area contributed by atoms with Crippen LogP contribution in [0.4, 0.5) is 0 Å². The van der Waals surface area contributed by atoms with E-state index in [0.29, 0.717) is 12.0 Å². The number of hydrogen-bond acceptors (Lipinski definition) is 2. The molecule has 2 nitrogen and oxygen atoms in total. The molecule has 2 heteroatoms. The predicted octanol–water partition coefficient (Wildman–Crippen LogP) is 3.80. The van der Waals surface area contributed by atoms with Gasteiger partial charge in [0.05, 0.1) is 5.52 Å². The van der Waals surface area contributed by atoms with Crippen LogP contribution >= 0.6 is 0 Å². The van der Waals surface area contributed by atoms with E-state index in [1.54, 1.807) is 0 Å². The molecule has 0 aliphatic carbocycles. The summed E-state index contributed by atoms with van der Waals surface area (Å²) in [4.78, 5) is 4.53. The van der Waals surface area contributed by atoms with Crippen LogP contribution in [0.3, 0.4) is 0 Å². The van der Waals surface area contributed by atoms with Crippen LogP contribution in [0.2, 0.25) is 0 Å². The van der Waals surface area contributed by atoms with E-state index in [9.17, 15) is 0 Å². The molecule has 1 N–H and O–H groups in total. The zero-order chi connectivity index (χ0) is 13.7. The highest BCUT2D eigenvalue weighted by Gasteiger charge is 2.11. The monoisotopic (exact) mass is 256 g/mol. The summed E-state index contributed by atoms with van der Waals surface area (Å²) in [6.45, 7) is 7.78. The van der Waals surface area contributed by atoms with Crippen LogP contribution in [0.1, 0.15) is 32.8 Å². The molecule has 1 heterocycles. The van der Waals surface area contributed by atoms with Crippen LogP contribution in [0.15, 0.2) is 36.5 Å². The Morgan fingerprint density at radius 2 is 2.00 bits per heavy atom. The summed E-state index contributed by atoms with van der Waals surface area (Å²) in [6.07, 6.45) is 4.28. The van der Waals surface area contributed by atoms with Gasteiger partial charge in [0, 0.05) is 17.6 Å². The SMILES string of the molecule is CCNC(CCc1cnc2ccccc2c1)C(C)C. The van der Waals surface area contributed by atoms with Crippen molar-refractivity contribution < 1.29 is 0 Å². The Balaban J connectivity index is 2.04. The van der Waals surface area contributed by atoms with Crippen molar-refractivity contribution in [1.29, 1.82) is 0 Å². The van der Waals surface area contributed by atoms with Crippen molar-refractivity contribution in [2.45, 2.75) is 39.7 Å². The van der Waals surface area contributed by atoms with Gasteiger partial charge < -0.3 is 5.32 Å². The molecule has 0 aliphatic rings. The van der Waals surface area contributed by atoms with E-state index < -0.39 is 0 Å². The van der Waals surface area contributed by atoms with Crippen LogP contribution in [0.5, 0.6) is 0 Å². The van der Waals surface area contributed by atoms with Gasteiger partial charge in [0.15, 0.2) is 0 Å². The molecule has 0 saturated heterocycles. The van der Waals surface area contributed by atoms with Gasteiger partial charge in [0.2, 0.25) is 0 Å². The number of aryl methyl sites for hydroxylation is 1. The fraction of sp³-hybridized carbons (Fsp3) is 0.471. The number of aromatic nitrogens is 1. The predicted molar refractivity (Wildman–Crippen MR) is 82.4 cm³/mol. The normalized spacial score (nSPS) is 13.1. The smallest absolute Gasteiger partial charge is 0.0702 e. The fourth-order valence-corrected chi connectivity index (χ4v) is 2.51. The maximum atomic E-state index is 4.53. The van der Waals surface area contributed by atoms with Crippen molar-refractivity contribution in [3.63, 3.8) is 0 Å². The highest BCUT2D eigenvalue weighted by Crippen LogP contribution is 2.16. The van der Waals surface area contributed by atoms with Crippen molar-refractivity contribution in [1.82, 2.24) is 10.3 Å². The molecular weight excluding hydrogens is 232 g/mol. The molecule has 2 aromatic rings. The van der Waals surface area contributed by atoms with Gasteiger partial charge in [-0.2, -0.15) is 0 Å². The van der Waals surface area contributed by atoms with Gasteiger partial charge in [-0.25, -0.2) is 0 Å². The summed E-state index contributed by atoms with van der Waals surface area (Å²) >= 11 is 0. The lowest BCUT2D eigenvalue weighted by Gasteiger charge is -2.21. The average molecular weight is 256 g/mol. The zero-order valence-electron chi connectivity index (χ0n) is 12.2. The van der Waals surface area contributed by atoms with Gasteiger partial charge in [-0.1, -0.05) is 39.0 Å². The molecule has 0 fully saturated rings. The first kappa shape index (κ1) is 14.0. The molecule has 0 spiro atoms. The minimum Gasteiger partial charge on any atom is -0.314 e. The summed E-state index contributed by atoms with van der Waals surface area (Å²) in [5.41, 5.74) is 2.42. The maximum absolute atomic E-state index is 4.53. The number of hydrogen-bond donors (Lipinski definition) is 1. The highest BCUT2D eigenvalue weighted by atomic mass is 14.9.